The normalized spacial score (nSPS) is 15.1. The Morgan fingerprint density at radius 1 is 0.969 bits per heavy atom. The molecule has 2 aromatic carbocycles. The number of benzene rings is 2. The number of nitrogens with one attached hydrogen (secondary N) is 1. The average molecular weight is 430 g/mol. The van der Waals surface area contributed by atoms with Crippen molar-refractivity contribution >= 4 is 17.6 Å². The fourth-order valence-electron chi connectivity index (χ4n) is 4.23. The Bertz CT molecular complexity index is 1060. The molecule has 1 aliphatic rings. The summed E-state index contributed by atoms with van der Waals surface area (Å²) in [4.78, 5) is 33.0. The summed E-state index contributed by atoms with van der Waals surface area (Å²) in [7, 11) is 0. The van der Waals surface area contributed by atoms with Crippen LogP contribution in [0.3, 0.4) is 0 Å². The lowest BCUT2D eigenvalue weighted by Gasteiger charge is -2.20. The van der Waals surface area contributed by atoms with Crippen LogP contribution in [0.25, 0.3) is 11.3 Å². The number of hydrogen-bond donors (Lipinski definition) is 2. The van der Waals surface area contributed by atoms with Crippen molar-refractivity contribution in [2.24, 2.45) is 5.92 Å². The largest absolute Gasteiger partial charge is 0.480 e. The van der Waals surface area contributed by atoms with E-state index in [4.69, 9.17) is 0 Å². The molecule has 1 heterocycles. The average Bonchev–Trinajstić information content (AvgIpc) is 2.84. The monoisotopic (exact) mass is 429 g/mol. The van der Waals surface area contributed by atoms with Crippen molar-refractivity contribution in [3.63, 3.8) is 0 Å². The van der Waals surface area contributed by atoms with Crippen LogP contribution in [-0.4, -0.2) is 32.9 Å². The summed E-state index contributed by atoms with van der Waals surface area (Å²) in [6.07, 6.45) is 7.21. The third-order valence-corrected chi connectivity index (χ3v) is 6.01. The second-order valence-electron chi connectivity index (χ2n) is 8.29. The molecule has 4 rings (SSSR count). The molecule has 164 valence electrons. The molecule has 3 aromatic rings. The maximum Gasteiger partial charge on any atom is 0.326 e. The second kappa shape index (κ2) is 10.2. The SMILES string of the molecule is O=C(c1ccc(-c2cc(NC(Cc3ccccc3)C(=O)O)ncn2)cc1)C1CCCCC1. The van der Waals surface area contributed by atoms with E-state index in [0.717, 1.165) is 42.4 Å². The summed E-state index contributed by atoms with van der Waals surface area (Å²) in [5.41, 5.74) is 3.19. The van der Waals surface area contributed by atoms with Gasteiger partial charge >= 0.3 is 5.97 Å². The van der Waals surface area contributed by atoms with Gasteiger partial charge in [-0.1, -0.05) is 73.9 Å². The number of ketones is 1. The molecule has 0 saturated heterocycles. The molecule has 0 spiro atoms. The lowest BCUT2D eigenvalue weighted by Crippen LogP contribution is -2.31. The van der Waals surface area contributed by atoms with Gasteiger partial charge in [-0.15, -0.1) is 0 Å². The highest BCUT2D eigenvalue weighted by atomic mass is 16.4. The van der Waals surface area contributed by atoms with Gasteiger partial charge in [0.1, 0.15) is 18.2 Å². The number of Topliss-reactive ketones (excluding diaryl/α,β-unsaturated/α-hetero) is 1. The lowest BCUT2D eigenvalue weighted by atomic mass is 9.84. The van der Waals surface area contributed by atoms with Crippen LogP contribution in [0, 0.1) is 5.92 Å². The quantitative estimate of drug-likeness (QED) is 0.489. The summed E-state index contributed by atoms with van der Waals surface area (Å²) in [6.45, 7) is 0. The van der Waals surface area contributed by atoms with E-state index in [1.54, 1.807) is 6.07 Å². The van der Waals surface area contributed by atoms with Crippen LogP contribution in [0.2, 0.25) is 0 Å². The molecule has 1 aromatic heterocycles. The molecule has 2 N–H and O–H groups in total. The number of carboxylic acid groups (broad SMARTS) is 1. The number of carboxylic acids is 1. The number of anilines is 1. The molecule has 32 heavy (non-hydrogen) atoms. The fraction of sp³-hybridized carbons (Fsp3) is 0.308. The van der Waals surface area contributed by atoms with Crippen LogP contribution in [0.4, 0.5) is 5.82 Å². The van der Waals surface area contributed by atoms with Crippen molar-refractivity contribution < 1.29 is 14.7 Å². The van der Waals surface area contributed by atoms with Crippen LogP contribution in [0.1, 0.15) is 48.0 Å². The number of nitrogens with zero attached hydrogens (tertiary/aromatic N) is 2. The van der Waals surface area contributed by atoms with E-state index in [2.05, 4.69) is 15.3 Å². The zero-order chi connectivity index (χ0) is 22.3. The van der Waals surface area contributed by atoms with Crippen molar-refractivity contribution in [3.05, 3.63) is 78.1 Å². The molecule has 1 aliphatic carbocycles. The topological polar surface area (TPSA) is 92.2 Å². The third kappa shape index (κ3) is 5.38. The molecule has 1 fully saturated rings. The molecule has 0 bridgehead atoms. The van der Waals surface area contributed by atoms with Crippen LogP contribution in [-0.2, 0) is 11.2 Å². The Morgan fingerprint density at radius 2 is 1.69 bits per heavy atom. The molecule has 0 amide bonds. The third-order valence-electron chi connectivity index (χ3n) is 6.01. The number of hydrogen-bond acceptors (Lipinski definition) is 5. The first kappa shape index (κ1) is 21.7. The molecule has 1 saturated carbocycles. The van der Waals surface area contributed by atoms with Crippen molar-refractivity contribution in [2.75, 3.05) is 5.32 Å². The zero-order valence-electron chi connectivity index (χ0n) is 17.9. The van der Waals surface area contributed by atoms with Gasteiger partial charge in [-0.25, -0.2) is 14.8 Å². The van der Waals surface area contributed by atoms with Crippen LogP contribution >= 0.6 is 0 Å². The molecule has 1 atom stereocenters. The van der Waals surface area contributed by atoms with Crippen molar-refractivity contribution in [1.29, 1.82) is 0 Å². The molecule has 6 nitrogen and oxygen atoms in total. The second-order valence-corrected chi connectivity index (χ2v) is 8.29. The minimum Gasteiger partial charge on any atom is -0.480 e. The van der Waals surface area contributed by atoms with E-state index in [1.807, 2.05) is 54.6 Å². The van der Waals surface area contributed by atoms with Gasteiger partial charge in [0.15, 0.2) is 5.78 Å². The fourth-order valence-corrected chi connectivity index (χ4v) is 4.23. The zero-order valence-corrected chi connectivity index (χ0v) is 17.9. The van der Waals surface area contributed by atoms with Crippen LogP contribution < -0.4 is 5.32 Å². The first-order valence-electron chi connectivity index (χ1n) is 11.1. The van der Waals surface area contributed by atoms with Gasteiger partial charge in [0.2, 0.25) is 0 Å². The highest BCUT2D eigenvalue weighted by molar-refractivity contribution is 5.98. The molecule has 0 radical (unpaired) electrons. The Morgan fingerprint density at radius 3 is 2.38 bits per heavy atom. The van der Waals surface area contributed by atoms with Gasteiger partial charge in [-0.3, -0.25) is 4.79 Å². The van der Waals surface area contributed by atoms with Crippen molar-refractivity contribution in [1.82, 2.24) is 9.97 Å². The van der Waals surface area contributed by atoms with E-state index in [-0.39, 0.29) is 11.7 Å². The standard InChI is InChI=1S/C26H27N3O3/c30-25(20-9-5-2-6-10-20)21-13-11-19(12-14-21)22-16-24(28-17-27-22)29-23(26(31)32)15-18-7-3-1-4-8-18/h1,3-4,7-8,11-14,16-17,20,23H,2,5-6,9-10,15H2,(H,31,32)(H,27,28,29). The molecule has 6 heteroatoms. The number of rotatable bonds is 8. The van der Waals surface area contributed by atoms with Gasteiger partial charge in [0, 0.05) is 29.5 Å². The first-order chi connectivity index (χ1) is 15.6. The van der Waals surface area contributed by atoms with Crippen molar-refractivity contribution in [3.8, 4) is 11.3 Å². The van der Waals surface area contributed by atoms with Crippen LogP contribution in [0.15, 0.2) is 67.0 Å². The summed E-state index contributed by atoms with van der Waals surface area (Å²) in [6, 6.07) is 17.9. The van der Waals surface area contributed by atoms with E-state index in [9.17, 15) is 14.7 Å². The highest BCUT2D eigenvalue weighted by Gasteiger charge is 2.22. The predicted octanol–water partition coefficient (Wildman–Crippen LogP) is 5.01. The van der Waals surface area contributed by atoms with Gasteiger partial charge in [-0.2, -0.15) is 0 Å². The number of aromatic nitrogens is 2. The molecular formula is C26H27N3O3. The Balaban J connectivity index is 1.47. The number of aliphatic carboxylic acids is 1. The van der Waals surface area contributed by atoms with E-state index < -0.39 is 12.0 Å². The smallest absolute Gasteiger partial charge is 0.326 e. The first-order valence-corrected chi connectivity index (χ1v) is 11.1. The van der Waals surface area contributed by atoms with E-state index >= 15 is 0 Å². The van der Waals surface area contributed by atoms with Gasteiger partial charge in [0.05, 0.1) is 5.69 Å². The summed E-state index contributed by atoms with van der Waals surface area (Å²) in [5, 5.41) is 12.6. The summed E-state index contributed by atoms with van der Waals surface area (Å²) < 4.78 is 0. The summed E-state index contributed by atoms with van der Waals surface area (Å²) in [5.74, 6) is -0.131. The maximum atomic E-state index is 12.7. The summed E-state index contributed by atoms with van der Waals surface area (Å²) >= 11 is 0. The Labute approximate surface area is 187 Å². The van der Waals surface area contributed by atoms with Crippen molar-refractivity contribution in [2.45, 2.75) is 44.6 Å². The van der Waals surface area contributed by atoms with Gasteiger partial charge in [-0.05, 0) is 18.4 Å². The molecular weight excluding hydrogens is 402 g/mol. The predicted molar refractivity (Wildman–Crippen MR) is 124 cm³/mol. The molecule has 1 unspecified atom stereocenters. The van der Waals surface area contributed by atoms with Gasteiger partial charge in [0.25, 0.3) is 0 Å². The maximum absolute atomic E-state index is 12.7. The Hall–Kier alpha value is -3.54. The van der Waals surface area contributed by atoms with Crippen LogP contribution in [0.5, 0.6) is 0 Å². The highest BCUT2D eigenvalue weighted by Crippen LogP contribution is 2.28. The molecule has 0 aliphatic heterocycles. The minimum atomic E-state index is -0.945. The number of carbonyl (C=O) groups excluding carboxylic acids is 1. The van der Waals surface area contributed by atoms with Gasteiger partial charge < -0.3 is 10.4 Å². The van der Waals surface area contributed by atoms with E-state index in [0.29, 0.717) is 17.9 Å². The minimum absolute atomic E-state index is 0.141. The Kier molecular flexibility index (Phi) is 6.90. The number of carbonyl (C=O) groups is 2. The van der Waals surface area contributed by atoms with E-state index in [1.165, 1.54) is 12.7 Å². The lowest BCUT2D eigenvalue weighted by molar-refractivity contribution is -0.137.